The van der Waals surface area contributed by atoms with Gasteiger partial charge in [0.15, 0.2) is 11.5 Å². The molecule has 10 heteroatoms. The molecule has 0 saturated carbocycles. The molecule has 0 aliphatic carbocycles. The van der Waals surface area contributed by atoms with Gasteiger partial charge in [-0.3, -0.25) is 4.79 Å². The van der Waals surface area contributed by atoms with Crippen molar-refractivity contribution in [3.8, 4) is 17.2 Å². The van der Waals surface area contributed by atoms with Crippen LogP contribution < -0.4 is 19.5 Å². The minimum absolute atomic E-state index is 0.176. The van der Waals surface area contributed by atoms with Gasteiger partial charge in [0.1, 0.15) is 30.3 Å². The lowest BCUT2D eigenvalue weighted by Crippen LogP contribution is -2.24. The van der Waals surface area contributed by atoms with Crippen molar-refractivity contribution >= 4 is 40.0 Å². The van der Waals surface area contributed by atoms with Crippen molar-refractivity contribution in [3.63, 3.8) is 0 Å². The number of carboxylic acids is 1. The van der Waals surface area contributed by atoms with Gasteiger partial charge in [0, 0.05) is 17.1 Å². The van der Waals surface area contributed by atoms with Crippen LogP contribution in [0.5, 0.6) is 17.2 Å². The molecule has 2 unspecified atom stereocenters. The Morgan fingerprint density at radius 1 is 1.05 bits per heavy atom. The average Bonchev–Trinajstić information content (AvgIpc) is 2.94. The molecule has 1 aromatic heterocycles. The van der Waals surface area contributed by atoms with Crippen molar-refractivity contribution in [2.75, 3.05) is 12.4 Å². The van der Waals surface area contributed by atoms with Crippen LogP contribution >= 0.6 is 11.6 Å². The molecular formula is C30H31ClFN3O5. The van der Waals surface area contributed by atoms with E-state index >= 15 is 0 Å². The van der Waals surface area contributed by atoms with Crippen LogP contribution in [-0.4, -0.2) is 34.3 Å². The molecule has 0 fully saturated rings. The summed E-state index contributed by atoms with van der Waals surface area (Å²) >= 11 is 6.47. The molecule has 0 aliphatic heterocycles. The Labute approximate surface area is 237 Å². The number of rotatable bonds is 13. The van der Waals surface area contributed by atoms with Crippen molar-refractivity contribution in [2.24, 2.45) is 5.92 Å². The van der Waals surface area contributed by atoms with Gasteiger partial charge in [-0.05, 0) is 61.2 Å². The standard InChI is InChI=1S/C30H31ClFN3O5/c1-4-19(30(36)37)12-22(5-2)40-28-14-23-25(15-27(28)38-3)33-17-34-29(23)35-21-9-10-26(24(31)13-21)39-16-18-7-6-8-20(32)11-18/h6-11,13-15,17,19,22H,4-5,12,16H2,1-3H3,(H,36,37)(H,33,34,35). The van der Waals surface area contributed by atoms with E-state index in [1.165, 1.54) is 18.5 Å². The number of benzene rings is 3. The molecule has 0 saturated heterocycles. The Balaban J connectivity index is 1.56. The van der Waals surface area contributed by atoms with Gasteiger partial charge in [-0.1, -0.05) is 37.6 Å². The number of carboxylic acid groups (broad SMARTS) is 1. The summed E-state index contributed by atoms with van der Waals surface area (Å²) in [6, 6.07) is 15.0. The summed E-state index contributed by atoms with van der Waals surface area (Å²) in [7, 11) is 1.54. The number of nitrogens with zero attached hydrogens (tertiary/aromatic N) is 2. The highest BCUT2D eigenvalue weighted by molar-refractivity contribution is 6.32. The number of nitrogens with one attached hydrogen (secondary N) is 1. The van der Waals surface area contributed by atoms with E-state index < -0.39 is 11.9 Å². The van der Waals surface area contributed by atoms with E-state index in [-0.39, 0.29) is 18.5 Å². The normalized spacial score (nSPS) is 12.5. The van der Waals surface area contributed by atoms with Crippen LogP contribution in [0.15, 0.2) is 60.9 Å². The van der Waals surface area contributed by atoms with Gasteiger partial charge in [0.2, 0.25) is 0 Å². The molecule has 2 atom stereocenters. The van der Waals surface area contributed by atoms with E-state index in [0.717, 1.165) is 0 Å². The fourth-order valence-corrected chi connectivity index (χ4v) is 4.51. The minimum atomic E-state index is -0.834. The molecule has 4 rings (SSSR count). The highest BCUT2D eigenvalue weighted by Gasteiger charge is 2.23. The maximum absolute atomic E-state index is 13.4. The number of carbonyl (C=O) groups is 1. The summed E-state index contributed by atoms with van der Waals surface area (Å²) in [4.78, 5) is 20.4. The van der Waals surface area contributed by atoms with E-state index in [9.17, 15) is 14.3 Å². The van der Waals surface area contributed by atoms with Gasteiger partial charge in [-0.25, -0.2) is 14.4 Å². The van der Waals surface area contributed by atoms with Crippen molar-refractivity contribution < 1.29 is 28.5 Å². The van der Waals surface area contributed by atoms with E-state index in [1.54, 1.807) is 49.6 Å². The topological polar surface area (TPSA) is 103 Å². The quantitative estimate of drug-likeness (QED) is 0.172. The second-order valence-electron chi connectivity index (χ2n) is 9.26. The van der Waals surface area contributed by atoms with Gasteiger partial charge < -0.3 is 24.6 Å². The van der Waals surface area contributed by atoms with Gasteiger partial charge in [0.25, 0.3) is 0 Å². The zero-order chi connectivity index (χ0) is 28.6. The fourth-order valence-electron chi connectivity index (χ4n) is 4.27. The molecule has 0 radical (unpaired) electrons. The molecule has 0 aliphatic rings. The minimum Gasteiger partial charge on any atom is -0.493 e. The van der Waals surface area contributed by atoms with E-state index in [4.69, 9.17) is 25.8 Å². The van der Waals surface area contributed by atoms with E-state index in [1.807, 2.05) is 13.8 Å². The molecule has 8 nitrogen and oxygen atoms in total. The smallest absolute Gasteiger partial charge is 0.306 e. The number of fused-ring (bicyclic) bond motifs is 1. The number of methoxy groups -OCH3 is 1. The Morgan fingerprint density at radius 3 is 2.55 bits per heavy atom. The number of ether oxygens (including phenoxy) is 3. The Kier molecular flexibility index (Phi) is 9.60. The van der Waals surface area contributed by atoms with Crippen LogP contribution in [-0.2, 0) is 11.4 Å². The summed E-state index contributed by atoms with van der Waals surface area (Å²) in [5.41, 5.74) is 1.99. The van der Waals surface area contributed by atoms with Crippen LogP contribution in [0.4, 0.5) is 15.9 Å². The van der Waals surface area contributed by atoms with Crippen molar-refractivity contribution in [1.82, 2.24) is 9.97 Å². The monoisotopic (exact) mass is 567 g/mol. The maximum atomic E-state index is 13.4. The molecule has 0 amide bonds. The number of aromatic nitrogens is 2. The van der Waals surface area contributed by atoms with Crippen LogP contribution in [0.2, 0.25) is 5.02 Å². The largest absolute Gasteiger partial charge is 0.493 e. The molecular weight excluding hydrogens is 537 g/mol. The van der Waals surface area contributed by atoms with E-state index in [0.29, 0.717) is 69.5 Å². The number of anilines is 2. The highest BCUT2D eigenvalue weighted by Crippen LogP contribution is 2.37. The first kappa shape index (κ1) is 28.9. The first-order valence-electron chi connectivity index (χ1n) is 13.0. The number of hydrogen-bond acceptors (Lipinski definition) is 7. The lowest BCUT2D eigenvalue weighted by Gasteiger charge is -2.22. The summed E-state index contributed by atoms with van der Waals surface area (Å²) in [5, 5.41) is 13.8. The molecule has 0 spiro atoms. The summed E-state index contributed by atoms with van der Waals surface area (Å²) in [5.74, 6) is 0.279. The van der Waals surface area contributed by atoms with Gasteiger partial charge in [-0.15, -0.1) is 0 Å². The third-order valence-corrected chi connectivity index (χ3v) is 6.83. The van der Waals surface area contributed by atoms with Crippen LogP contribution in [0.1, 0.15) is 38.7 Å². The molecule has 3 aromatic carbocycles. The van der Waals surface area contributed by atoms with Crippen LogP contribution in [0, 0.1) is 11.7 Å². The van der Waals surface area contributed by atoms with Crippen molar-refractivity contribution in [2.45, 2.75) is 45.8 Å². The lowest BCUT2D eigenvalue weighted by molar-refractivity contribution is -0.142. The third kappa shape index (κ3) is 7.09. The third-order valence-electron chi connectivity index (χ3n) is 6.54. The molecule has 40 heavy (non-hydrogen) atoms. The van der Waals surface area contributed by atoms with Gasteiger partial charge >= 0.3 is 5.97 Å². The lowest BCUT2D eigenvalue weighted by atomic mass is 9.97. The Morgan fingerprint density at radius 2 is 1.88 bits per heavy atom. The molecule has 1 heterocycles. The summed E-state index contributed by atoms with van der Waals surface area (Å²) in [6.45, 7) is 3.99. The summed E-state index contributed by atoms with van der Waals surface area (Å²) < 4.78 is 31.0. The fraction of sp³-hybridized carbons (Fsp3) is 0.300. The summed E-state index contributed by atoms with van der Waals surface area (Å²) in [6.07, 6.45) is 2.66. The van der Waals surface area contributed by atoms with Crippen LogP contribution in [0.3, 0.4) is 0 Å². The van der Waals surface area contributed by atoms with Gasteiger partial charge in [0.05, 0.1) is 29.7 Å². The van der Waals surface area contributed by atoms with E-state index in [2.05, 4.69) is 15.3 Å². The number of hydrogen-bond donors (Lipinski definition) is 2. The Hall–Kier alpha value is -4.11. The number of halogens is 2. The first-order chi connectivity index (χ1) is 19.3. The van der Waals surface area contributed by atoms with Crippen molar-refractivity contribution in [3.05, 3.63) is 77.3 Å². The maximum Gasteiger partial charge on any atom is 0.306 e. The second kappa shape index (κ2) is 13.3. The van der Waals surface area contributed by atoms with Gasteiger partial charge in [-0.2, -0.15) is 0 Å². The number of aliphatic carboxylic acids is 1. The zero-order valence-electron chi connectivity index (χ0n) is 22.5. The molecule has 2 N–H and O–H groups in total. The molecule has 210 valence electrons. The van der Waals surface area contributed by atoms with Crippen LogP contribution in [0.25, 0.3) is 10.9 Å². The molecule has 4 aromatic rings. The predicted octanol–water partition coefficient (Wildman–Crippen LogP) is 7.41. The second-order valence-corrected chi connectivity index (χ2v) is 9.67. The highest BCUT2D eigenvalue weighted by atomic mass is 35.5. The first-order valence-corrected chi connectivity index (χ1v) is 13.3. The zero-order valence-corrected chi connectivity index (χ0v) is 23.2. The predicted molar refractivity (Wildman–Crippen MR) is 152 cm³/mol. The average molecular weight is 568 g/mol. The van der Waals surface area contributed by atoms with Crippen molar-refractivity contribution in [1.29, 1.82) is 0 Å². The SMILES string of the molecule is CCC(CC(CC)C(=O)O)Oc1cc2c(Nc3ccc(OCc4cccc(F)c4)c(Cl)c3)ncnc2cc1OC. The molecule has 0 bridgehead atoms. The Bertz CT molecular complexity index is 1490.